The summed E-state index contributed by atoms with van der Waals surface area (Å²) in [5, 5.41) is 20.6. The molecule has 8 nitrogen and oxygen atoms in total. The summed E-state index contributed by atoms with van der Waals surface area (Å²) in [6, 6.07) is 15.6. The van der Waals surface area contributed by atoms with Crippen LogP contribution in [0.15, 0.2) is 65.6 Å². The maximum Gasteiger partial charge on any atom is 0.293 e. The Labute approximate surface area is 166 Å². The Morgan fingerprint density at radius 3 is 2.38 bits per heavy atom. The summed E-state index contributed by atoms with van der Waals surface area (Å²) in [4.78, 5) is 23.7. The summed E-state index contributed by atoms with van der Waals surface area (Å²) in [7, 11) is 0. The van der Waals surface area contributed by atoms with Crippen molar-refractivity contribution in [2.45, 2.75) is 26.3 Å². The summed E-state index contributed by atoms with van der Waals surface area (Å²) in [6.07, 6.45) is 1.68. The van der Waals surface area contributed by atoms with Crippen LogP contribution in [0.3, 0.4) is 0 Å². The lowest BCUT2D eigenvalue weighted by Gasteiger charge is -2.12. The number of non-ortho nitro benzene ring substituents is 1. The van der Waals surface area contributed by atoms with Gasteiger partial charge in [0.25, 0.3) is 11.2 Å². The van der Waals surface area contributed by atoms with E-state index in [4.69, 9.17) is 0 Å². The van der Waals surface area contributed by atoms with Crippen LogP contribution in [-0.4, -0.2) is 24.5 Å². The van der Waals surface area contributed by atoms with Crippen LogP contribution in [0, 0.1) is 10.1 Å². The van der Waals surface area contributed by atoms with E-state index in [1.807, 2.05) is 44.2 Å². The van der Waals surface area contributed by atoms with Crippen molar-refractivity contribution in [2.75, 3.05) is 0 Å². The molecule has 0 unspecified atom stereocenters. The molecule has 0 aliphatic rings. The second kappa shape index (κ2) is 7.31. The molecule has 0 aliphatic carbocycles. The molecule has 2 heterocycles. The van der Waals surface area contributed by atoms with Crippen LogP contribution in [0.25, 0.3) is 16.6 Å². The van der Waals surface area contributed by atoms with Gasteiger partial charge < -0.3 is 0 Å². The Morgan fingerprint density at radius 1 is 1.07 bits per heavy atom. The van der Waals surface area contributed by atoms with E-state index < -0.39 is 4.92 Å². The van der Waals surface area contributed by atoms with E-state index in [9.17, 15) is 14.9 Å². The quantitative estimate of drug-likeness (QED) is 0.383. The van der Waals surface area contributed by atoms with Crippen LogP contribution in [0.2, 0.25) is 0 Å². The number of hydrogen-bond acceptors (Lipinski definition) is 5. The zero-order valence-electron chi connectivity index (χ0n) is 16.0. The van der Waals surface area contributed by atoms with Gasteiger partial charge in [-0.05, 0) is 23.6 Å². The Hall–Kier alpha value is -3.81. The van der Waals surface area contributed by atoms with E-state index in [1.54, 1.807) is 23.0 Å². The van der Waals surface area contributed by atoms with Crippen LogP contribution in [-0.2, 0) is 6.54 Å². The molecule has 0 aliphatic heterocycles. The van der Waals surface area contributed by atoms with Crippen molar-refractivity contribution >= 4 is 16.6 Å². The van der Waals surface area contributed by atoms with Crippen molar-refractivity contribution < 1.29 is 4.92 Å². The molecule has 0 bridgehead atoms. The predicted octanol–water partition coefficient (Wildman–Crippen LogP) is 3.66. The molecule has 0 spiro atoms. The van der Waals surface area contributed by atoms with Gasteiger partial charge in [0, 0.05) is 17.5 Å². The first-order chi connectivity index (χ1) is 14.0. The van der Waals surface area contributed by atoms with Gasteiger partial charge in [-0.2, -0.15) is 10.2 Å². The van der Waals surface area contributed by atoms with E-state index >= 15 is 0 Å². The lowest BCUT2D eigenvalue weighted by Crippen LogP contribution is -2.27. The van der Waals surface area contributed by atoms with Crippen molar-refractivity contribution in [1.29, 1.82) is 0 Å². The molecule has 146 valence electrons. The maximum absolute atomic E-state index is 13.3. The van der Waals surface area contributed by atoms with Gasteiger partial charge in [0.15, 0.2) is 0 Å². The number of fused-ring (bicyclic) bond motifs is 1. The molecule has 8 heteroatoms. The highest BCUT2D eigenvalue weighted by Gasteiger charge is 2.19. The van der Waals surface area contributed by atoms with Crippen molar-refractivity contribution in [3.63, 3.8) is 0 Å². The molecule has 29 heavy (non-hydrogen) atoms. The highest BCUT2D eigenvalue weighted by atomic mass is 16.6. The number of nitro benzene ring substituents is 1. The van der Waals surface area contributed by atoms with E-state index in [-0.39, 0.29) is 23.7 Å². The van der Waals surface area contributed by atoms with Gasteiger partial charge in [-0.25, -0.2) is 9.36 Å². The normalized spacial score (nSPS) is 11.3. The Balaban J connectivity index is 1.87. The summed E-state index contributed by atoms with van der Waals surface area (Å²) in [5.41, 5.74) is 2.55. The number of hydrogen-bond donors (Lipinski definition) is 0. The third-order valence-electron chi connectivity index (χ3n) is 4.74. The summed E-state index contributed by atoms with van der Waals surface area (Å²) in [5.74, 6) is 0.0923. The average molecular weight is 389 g/mol. The van der Waals surface area contributed by atoms with E-state index in [1.165, 1.54) is 16.8 Å². The molecule has 4 aromatic rings. The van der Waals surface area contributed by atoms with Crippen LogP contribution >= 0.6 is 0 Å². The van der Waals surface area contributed by atoms with Crippen LogP contribution in [0.5, 0.6) is 0 Å². The van der Waals surface area contributed by atoms with Crippen molar-refractivity contribution in [3.05, 3.63) is 92.5 Å². The molecule has 0 saturated carbocycles. The largest absolute Gasteiger partial charge is 0.293 e. The summed E-state index contributed by atoms with van der Waals surface area (Å²) < 4.78 is 3.04. The van der Waals surface area contributed by atoms with Crippen LogP contribution in [0.1, 0.15) is 31.0 Å². The molecular formula is C21H19N5O3. The first-order valence-corrected chi connectivity index (χ1v) is 9.23. The van der Waals surface area contributed by atoms with Gasteiger partial charge in [0.1, 0.15) is 5.52 Å². The zero-order valence-corrected chi connectivity index (χ0v) is 16.0. The fourth-order valence-electron chi connectivity index (χ4n) is 3.29. The van der Waals surface area contributed by atoms with Crippen molar-refractivity contribution in [2.24, 2.45) is 0 Å². The molecule has 0 radical (unpaired) electrons. The van der Waals surface area contributed by atoms with Crippen LogP contribution < -0.4 is 5.56 Å². The second-order valence-corrected chi connectivity index (χ2v) is 7.08. The highest BCUT2D eigenvalue weighted by Crippen LogP contribution is 2.23. The molecule has 0 atom stereocenters. The molecule has 2 aromatic carbocycles. The summed E-state index contributed by atoms with van der Waals surface area (Å²) in [6.45, 7) is 4.25. The third-order valence-corrected chi connectivity index (χ3v) is 4.74. The molecule has 0 amide bonds. The number of rotatable bonds is 5. The molecule has 0 N–H and O–H groups in total. The SMILES string of the molecule is CC(C)c1nn(Cc2ccc([N+](=O)[O-])cc2)c(=O)c2c1cnn2-c1ccccc1. The lowest BCUT2D eigenvalue weighted by atomic mass is 10.1. The number of aromatic nitrogens is 4. The first-order valence-electron chi connectivity index (χ1n) is 9.23. The van der Waals surface area contributed by atoms with E-state index in [0.717, 1.165) is 22.3 Å². The molecule has 2 aromatic heterocycles. The number of nitro groups is 1. The second-order valence-electron chi connectivity index (χ2n) is 7.08. The van der Waals surface area contributed by atoms with E-state index in [0.29, 0.717) is 5.52 Å². The predicted molar refractivity (Wildman–Crippen MR) is 109 cm³/mol. The average Bonchev–Trinajstić information content (AvgIpc) is 3.16. The monoisotopic (exact) mass is 389 g/mol. The van der Waals surface area contributed by atoms with Gasteiger partial charge in [0.05, 0.1) is 29.0 Å². The van der Waals surface area contributed by atoms with Crippen LogP contribution in [0.4, 0.5) is 5.69 Å². The minimum atomic E-state index is -0.449. The van der Waals surface area contributed by atoms with Gasteiger partial charge in [-0.3, -0.25) is 14.9 Å². The fourth-order valence-corrected chi connectivity index (χ4v) is 3.29. The standard InChI is InChI=1S/C21H19N5O3/c1-14(2)19-18-12-22-25(16-6-4-3-5-7-16)20(18)21(27)24(23-19)13-15-8-10-17(11-9-15)26(28)29/h3-12,14H,13H2,1-2H3. The Kier molecular flexibility index (Phi) is 4.67. The van der Waals surface area contributed by atoms with Gasteiger partial charge in [-0.15, -0.1) is 0 Å². The van der Waals surface area contributed by atoms with Gasteiger partial charge in [0.2, 0.25) is 0 Å². The minimum Gasteiger partial charge on any atom is -0.265 e. The van der Waals surface area contributed by atoms with Crippen molar-refractivity contribution in [1.82, 2.24) is 19.6 Å². The van der Waals surface area contributed by atoms with Gasteiger partial charge >= 0.3 is 0 Å². The smallest absolute Gasteiger partial charge is 0.265 e. The number of nitrogens with zero attached hydrogens (tertiary/aromatic N) is 5. The number of para-hydroxylation sites is 1. The third kappa shape index (κ3) is 3.40. The molecular weight excluding hydrogens is 370 g/mol. The van der Waals surface area contributed by atoms with Crippen molar-refractivity contribution in [3.8, 4) is 5.69 Å². The number of benzene rings is 2. The zero-order chi connectivity index (χ0) is 20.5. The van der Waals surface area contributed by atoms with Gasteiger partial charge in [-0.1, -0.05) is 44.2 Å². The first kappa shape index (κ1) is 18.5. The maximum atomic E-state index is 13.3. The molecule has 0 saturated heterocycles. The lowest BCUT2D eigenvalue weighted by molar-refractivity contribution is -0.384. The topological polar surface area (TPSA) is 95.8 Å². The Morgan fingerprint density at radius 2 is 1.76 bits per heavy atom. The highest BCUT2D eigenvalue weighted by molar-refractivity contribution is 5.82. The molecule has 0 fully saturated rings. The minimum absolute atomic E-state index is 0.00883. The molecule has 4 rings (SSSR count). The Bertz CT molecular complexity index is 1240. The fraction of sp³-hybridized carbons (Fsp3) is 0.190. The van der Waals surface area contributed by atoms with E-state index in [2.05, 4.69) is 10.2 Å². The summed E-state index contributed by atoms with van der Waals surface area (Å²) >= 11 is 0.